The first kappa shape index (κ1) is 23.1. The molecule has 0 aromatic heterocycles. The lowest BCUT2D eigenvalue weighted by Crippen LogP contribution is -2.55. The molecule has 0 spiro atoms. The summed E-state index contributed by atoms with van der Waals surface area (Å²) in [4.78, 5) is 44.5. The number of carbonyl (C=O) groups excluding carboxylic acids is 3. The van der Waals surface area contributed by atoms with Crippen molar-refractivity contribution in [3.8, 4) is 16.9 Å². The van der Waals surface area contributed by atoms with Crippen LogP contribution in [0.2, 0.25) is 0 Å². The molecule has 2 saturated heterocycles. The minimum atomic E-state index is -0.650. The van der Waals surface area contributed by atoms with Crippen LogP contribution in [0, 0.1) is 0 Å². The van der Waals surface area contributed by atoms with Gasteiger partial charge in [0.15, 0.2) is 0 Å². The summed E-state index contributed by atoms with van der Waals surface area (Å²) in [5.41, 5.74) is 3.69. The van der Waals surface area contributed by atoms with Crippen molar-refractivity contribution < 1.29 is 19.1 Å². The van der Waals surface area contributed by atoms with Crippen LogP contribution in [-0.2, 0) is 4.79 Å². The maximum absolute atomic E-state index is 13.4. The molecule has 8 heteroatoms. The zero-order valence-corrected chi connectivity index (χ0v) is 20.5. The van der Waals surface area contributed by atoms with E-state index in [0.717, 1.165) is 28.9 Å². The van der Waals surface area contributed by atoms with Gasteiger partial charge in [-0.3, -0.25) is 9.69 Å². The Morgan fingerprint density at radius 1 is 0.946 bits per heavy atom. The molecule has 3 fully saturated rings. The highest BCUT2D eigenvalue weighted by molar-refractivity contribution is 6.06. The van der Waals surface area contributed by atoms with E-state index in [2.05, 4.69) is 5.32 Å². The number of imide groups is 1. The Hall–Kier alpha value is -4.33. The van der Waals surface area contributed by atoms with Crippen molar-refractivity contribution in [1.82, 2.24) is 14.7 Å². The molecule has 3 aromatic carbocycles. The van der Waals surface area contributed by atoms with Crippen molar-refractivity contribution in [2.24, 2.45) is 0 Å². The number of amides is 5. The topological polar surface area (TPSA) is 82.2 Å². The van der Waals surface area contributed by atoms with Gasteiger partial charge in [-0.25, -0.2) is 9.59 Å². The van der Waals surface area contributed by atoms with Gasteiger partial charge in [0.25, 0.3) is 5.91 Å². The molecular formula is C29H28N4O4. The molecule has 188 valence electrons. The number of ether oxygens (including phenoxy) is 1. The monoisotopic (exact) mass is 496 g/mol. The second-order valence-electron chi connectivity index (χ2n) is 9.67. The molecule has 2 aliphatic heterocycles. The third kappa shape index (κ3) is 4.18. The van der Waals surface area contributed by atoms with Crippen molar-refractivity contribution in [1.29, 1.82) is 0 Å². The first-order valence-corrected chi connectivity index (χ1v) is 12.5. The molecular weight excluding hydrogens is 468 g/mol. The average molecular weight is 497 g/mol. The molecule has 8 nitrogen and oxygen atoms in total. The van der Waals surface area contributed by atoms with Crippen LogP contribution >= 0.6 is 0 Å². The van der Waals surface area contributed by atoms with E-state index in [9.17, 15) is 14.4 Å². The Morgan fingerprint density at radius 2 is 1.73 bits per heavy atom. The van der Waals surface area contributed by atoms with Crippen molar-refractivity contribution in [3.63, 3.8) is 0 Å². The van der Waals surface area contributed by atoms with Gasteiger partial charge in [-0.1, -0.05) is 60.7 Å². The fraction of sp³-hybridized carbons (Fsp3) is 0.276. The number of hydrogen-bond acceptors (Lipinski definition) is 4. The molecule has 1 saturated carbocycles. The van der Waals surface area contributed by atoms with Crippen molar-refractivity contribution in [3.05, 3.63) is 84.4 Å². The Labute approximate surface area is 215 Å². The predicted molar refractivity (Wildman–Crippen MR) is 139 cm³/mol. The highest BCUT2D eigenvalue weighted by atomic mass is 16.5. The van der Waals surface area contributed by atoms with Crippen LogP contribution in [0.5, 0.6) is 5.75 Å². The summed E-state index contributed by atoms with van der Waals surface area (Å²) in [5, 5.41) is 3.02. The largest absolute Gasteiger partial charge is 0.497 e. The van der Waals surface area contributed by atoms with Crippen LogP contribution in [-0.4, -0.2) is 71.5 Å². The van der Waals surface area contributed by atoms with Crippen molar-refractivity contribution in [2.45, 2.75) is 24.4 Å². The zero-order chi connectivity index (χ0) is 25.5. The first-order valence-electron chi connectivity index (χ1n) is 12.5. The van der Waals surface area contributed by atoms with E-state index >= 15 is 0 Å². The second kappa shape index (κ2) is 9.28. The standard InChI is InChI=1S/C29H28N4O4/c1-37-21-11-7-10-20(16-21)23-17-25(23)33-27(34)26-18-31(14-15-32(26)29(33)36)28(35)30-24-13-6-5-12-22(24)19-8-3-2-4-9-19/h2-13,16,23,25-26H,14-15,17-18H2,1H3,(H,30,35)/t23?,25?,26-/m0/s1. The Balaban J connectivity index is 1.14. The molecule has 1 aliphatic carbocycles. The zero-order valence-electron chi connectivity index (χ0n) is 20.5. The highest BCUT2D eigenvalue weighted by Crippen LogP contribution is 2.47. The number of piperazine rings is 1. The van der Waals surface area contributed by atoms with Gasteiger partial charge in [0.2, 0.25) is 0 Å². The minimum Gasteiger partial charge on any atom is -0.497 e. The molecule has 37 heavy (non-hydrogen) atoms. The van der Waals surface area contributed by atoms with E-state index < -0.39 is 6.04 Å². The Kier molecular flexibility index (Phi) is 5.79. The minimum absolute atomic E-state index is 0.109. The van der Waals surface area contributed by atoms with Crippen LogP contribution in [0.1, 0.15) is 17.9 Å². The van der Waals surface area contributed by atoms with Crippen molar-refractivity contribution in [2.75, 3.05) is 32.1 Å². The van der Waals surface area contributed by atoms with Crippen LogP contribution in [0.15, 0.2) is 78.9 Å². The summed E-state index contributed by atoms with van der Waals surface area (Å²) in [6, 6.07) is 24.0. The van der Waals surface area contributed by atoms with E-state index in [-0.39, 0.29) is 36.5 Å². The summed E-state index contributed by atoms with van der Waals surface area (Å²) in [5.74, 6) is 0.649. The number of para-hydroxylation sites is 1. The molecule has 5 amide bonds. The lowest BCUT2D eigenvalue weighted by Gasteiger charge is -2.35. The van der Waals surface area contributed by atoms with Gasteiger partial charge in [-0.2, -0.15) is 0 Å². The molecule has 2 unspecified atom stereocenters. The lowest BCUT2D eigenvalue weighted by atomic mass is 10.0. The van der Waals surface area contributed by atoms with Gasteiger partial charge in [0, 0.05) is 30.6 Å². The predicted octanol–water partition coefficient (Wildman–Crippen LogP) is 4.40. The van der Waals surface area contributed by atoms with E-state index in [4.69, 9.17) is 4.74 Å². The summed E-state index contributed by atoms with van der Waals surface area (Å²) in [6.07, 6.45) is 0.742. The van der Waals surface area contributed by atoms with Gasteiger partial charge in [-0.15, -0.1) is 0 Å². The highest BCUT2D eigenvalue weighted by Gasteiger charge is 2.56. The number of hydrogen-bond donors (Lipinski definition) is 1. The summed E-state index contributed by atoms with van der Waals surface area (Å²) >= 11 is 0. The molecule has 1 N–H and O–H groups in total. The van der Waals surface area contributed by atoms with Crippen LogP contribution in [0.4, 0.5) is 15.3 Å². The molecule has 0 bridgehead atoms. The molecule has 3 atom stereocenters. The maximum atomic E-state index is 13.4. The van der Waals surface area contributed by atoms with E-state index in [0.29, 0.717) is 18.8 Å². The molecule has 3 aromatic rings. The van der Waals surface area contributed by atoms with Crippen LogP contribution in [0.3, 0.4) is 0 Å². The number of fused-ring (bicyclic) bond motifs is 1. The number of anilines is 1. The molecule has 3 aliphatic rings. The number of benzene rings is 3. The third-order valence-electron chi connectivity index (χ3n) is 7.51. The lowest BCUT2D eigenvalue weighted by molar-refractivity contribution is -0.129. The van der Waals surface area contributed by atoms with E-state index in [1.807, 2.05) is 78.9 Å². The molecule has 0 radical (unpaired) electrons. The quantitative estimate of drug-likeness (QED) is 0.531. The summed E-state index contributed by atoms with van der Waals surface area (Å²) in [6.45, 7) is 0.875. The first-order chi connectivity index (χ1) is 18.0. The third-order valence-corrected chi connectivity index (χ3v) is 7.51. The van der Waals surface area contributed by atoms with Gasteiger partial charge < -0.3 is 19.9 Å². The van der Waals surface area contributed by atoms with Gasteiger partial charge in [-0.05, 0) is 35.7 Å². The number of nitrogens with zero attached hydrogens (tertiary/aromatic N) is 3. The number of methoxy groups -OCH3 is 1. The number of rotatable bonds is 5. The Morgan fingerprint density at radius 3 is 2.54 bits per heavy atom. The van der Waals surface area contributed by atoms with Crippen LogP contribution in [0.25, 0.3) is 11.1 Å². The molecule has 2 heterocycles. The summed E-state index contributed by atoms with van der Waals surface area (Å²) < 4.78 is 5.32. The maximum Gasteiger partial charge on any atom is 0.327 e. The van der Waals surface area contributed by atoms with E-state index in [1.165, 1.54) is 4.90 Å². The van der Waals surface area contributed by atoms with E-state index in [1.54, 1.807) is 16.9 Å². The fourth-order valence-corrected chi connectivity index (χ4v) is 5.46. The summed E-state index contributed by atoms with van der Waals surface area (Å²) in [7, 11) is 1.62. The normalized spacial score (nSPS) is 22.6. The van der Waals surface area contributed by atoms with Gasteiger partial charge in [0.1, 0.15) is 11.8 Å². The van der Waals surface area contributed by atoms with Gasteiger partial charge >= 0.3 is 12.1 Å². The number of nitrogens with one attached hydrogen (secondary N) is 1. The van der Waals surface area contributed by atoms with Crippen molar-refractivity contribution >= 4 is 23.7 Å². The molecule has 6 rings (SSSR count). The fourth-order valence-electron chi connectivity index (χ4n) is 5.46. The SMILES string of the molecule is COc1cccc(C2CC2N2C(=O)[C@@H]3CN(C(=O)Nc4ccccc4-c4ccccc4)CCN3C2=O)c1. The number of carbonyl (C=O) groups is 3. The smallest absolute Gasteiger partial charge is 0.327 e. The number of urea groups is 2. The van der Waals surface area contributed by atoms with Crippen LogP contribution < -0.4 is 10.1 Å². The second-order valence-corrected chi connectivity index (χ2v) is 9.67. The Bertz CT molecular complexity index is 1360. The average Bonchev–Trinajstić information content (AvgIpc) is 3.69. The van der Waals surface area contributed by atoms with Gasteiger partial charge in [0.05, 0.1) is 19.3 Å².